The minimum Gasteiger partial charge on any atom is -0.359 e. The van der Waals surface area contributed by atoms with Crippen molar-refractivity contribution < 1.29 is 0 Å². The molecule has 3 rings (SSSR count). The van der Waals surface area contributed by atoms with E-state index in [9.17, 15) is 0 Å². The third kappa shape index (κ3) is 3.12. The second-order valence-corrected chi connectivity index (χ2v) is 8.48. The molecule has 2 aliphatic carbocycles. The maximum atomic E-state index is 4.91. The van der Waals surface area contributed by atoms with E-state index in [1.807, 2.05) is 11.8 Å². The molecule has 0 amide bonds. The molecule has 0 radical (unpaired) electrons. The molecule has 1 saturated heterocycles. The third-order valence-electron chi connectivity index (χ3n) is 5.50. The molecule has 0 unspecified atom stereocenters. The normalized spacial score (nSPS) is 39.9. The minimum absolute atomic E-state index is 0.395. The molecule has 1 N–H and O–H groups in total. The van der Waals surface area contributed by atoms with Crippen molar-refractivity contribution in [2.75, 3.05) is 12.3 Å². The van der Waals surface area contributed by atoms with E-state index >= 15 is 0 Å². The highest BCUT2D eigenvalue weighted by molar-refractivity contribution is 8.14. The molecule has 108 valence electrons. The Hall–Kier alpha value is -0.180. The lowest BCUT2D eigenvalue weighted by Crippen LogP contribution is -2.46. The number of hydrogen-bond donors (Lipinski definition) is 1. The number of nitrogens with one attached hydrogen (secondary N) is 1. The molecule has 2 saturated carbocycles. The molecular weight excluding hydrogens is 252 g/mol. The zero-order chi connectivity index (χ0) is 13.3. The average Bonchev–Trinajstić information content (AvgIpc) is 3.00. The van der Waals surface area contributed by atoms with E-state index < -0.39 is 0 Å². The second kappa shape index (κ2) is 5.31. The number of hydrogen-bond acceptors (Lipinski definition) is 2. The summed E-state index contributed by atoms with van der Waals surface area (Å²) in [4.78, 5) is 4.91. The van der Waals surface area contributed by atoms with Gasteiger partial charge in [0, 0.05) is 17.8 Å². The number of aliphatic imine (C=N–C) groups is 1. The Labute approximate surface area is 122 Å². The molecule has 0 aromatic carbocycles. The summed E-state index contributed by atoms with van der Waals surface area (Å²) in [5.74, 6) is 2.17. The van der Waals surface area contributed by atoms with Crippen LogP contribution in [0.3, 0.4) is 0 Å². The zero-order valence-electron chi connectivity index (χ0n) is 12.5. The van der Waals surface area contributed by atoms with Crippen molar-refractivity contribution >= 4 is 16.9 Å². The molecule has 3 fully saturated rings. The van der Waals surface area contributed by atoms with Crippen molar-refractivity contribution in [1.29, 1.82) is 0 Å². The van der Waals surface area contributed by atoms with Crippen LogP contribution in [0.4, 0.5) is 0 Å². The maximum absolute atomic E-state index is 4.91. The summed E-state index contributed by atoms with van der Waals surface area (Å²) >= 11 is 1.97. The lowest BCUT2D eigenvalue weighted by molar-refractivity contribution is 0.250. The van der Waals surface area contributed by atoms with Gasteiger partial charge in [0.1, 0.15) is 0 Å². The largest absolute Gasteiger partial charge is 0.359 e. The van der Waals surface area contributed by atoms with E-state index in [2.05, 4.69) is 19.2 Å². The van der Waals surface area contributed by atoms with Crippen LogP contribution >= 0.6 is 11.8 Å². The Kier molecular flexibility index (Phi) is 3.85. The first kappa shape index (κ1) is 13.8. The van der Waals surface area contributed by atoms with E-state index in [1.54, 1.807) is 0 Å². The Bertz CT molecular complexity index is 350. The van der Waals surface area contributed by atoms with E-state index in [-0.39, 0.29) is 0 Å². The van der Waals surface area contributed by atoms with E-state index in [1.165, 1.54) is 62.3 Å². The predicted octanol–water partition coefficient (Wildman–Crippen LogP) is 4.21. The molecule has 0 atom stereocenters. The molecule has 0 aromatic heterocycles. The molecule has 0 bridgehead atoms. The quantitative estimate of drug-likeness (QED) is 0.819. The minimum atomic E-state index is 0.395. The SMILES string of the molecule is CC1CCC2(CC1)CSC(=NCC1(C)CCCC1)N2. The Morgan fingerprint density at radius 2 is 1.89 bits per heavy atom. The van der Waals surface area contributed by atoms with Crippen LogP contribution in [0.1, 0.15) is 65.2 Å². The van der Waals surface area contributed by atoms with Gasteiger partial charge in [-0.3, -0.25) is 4.99 Å². The van der Waals surface area contributed by atoms with Gasteiger partial charge in [-0.25, -0.2) is 0 Å². The van der Waals surface area contributed by atoms with Crippen LogP contribution in [0.2, 0.25) is 0 Å². The molecule has 3 aliphatic rings. The van der Waals surface area contributed by atoms with Crippen LogP contribution < -0.4 is 5.32 Å². The van der Waals surface area contributed by atoms with Crippen LogP contribution in [0, 0.1) is 11.3 Å². The number of rotatable bonds is 2. The van der Waals surface area contributed by atoms with Gasteiger partial charge in [-0.1, -0.05) is 38.5 Å². The summed E-state index contributed by atoms with van der Waals surface area (Å²) < 4.78 is 0. The van der Waals surface area contributed by atoms with Crippen molar-refractivity contribution in [3.8, 4) is 0 Å². The summed E-state index contributed by atoms with van der Waals surface area (Å²) in [6.07, 6.45) is 11.0. The Morgan fingerprint density at radius 3 is 2.58 bits per heavy atom. The standard InChI is InChI=1S/C16H28N2S/c1-13-5-9-16(10-6-13)12-19-14(18-16)17-11-15(2)7-3-4-8-15/h13H,3-12H2,1-2H3,(H,17,18). The molecule has 1 aliphatic heterocycles. The molecule has 2 nitrogen and oxygen atoms in total. The van der Waals surface area contributed by atoms with Gasteiger partial charge in [0.05, 0.1) is 0 Å². The van der Waals surface area contributed by atoms with Gasteiger partial charge in [-0.15, -0.1) is 0 Å². The van der Waals surface area contributed by atoms with Gasteiger partial charge >= 0.3 is 0 Å². The first-order chi connectivity index (χ1) is 9.09. The topological polar surface area (TPSA) is 24.4 Å². The average molecular weight is 280 g/mol. The van der Waals surface area contributed by atoms with Gasteiger partial charge in [0.15, 0.2) is 5.17 Å². The molecule has 3 heteroatoms. The number of thioether (sulfide) groups is 1. The molecule has 19 heavy (non-hydrogen) atoms. The fourth-order valence-electron chi connectivity index (χ4n) is 3.82. The third-order valence-corrected chi connectivity index (χ3v) is 6.71. The van der Waals surface area contributed by atoms with Crippen LogP contribution in [0.25, 0.3) is 0 Å². The molecular formula is C16H28N2S. The van der Waals surface area contributed by atoms with Crippen LogP contribution in [-0.2, 0) is 0 Å². The first-order valence-corrected chi connectivity index (χ1v) is 9.03. The van der Waals surface area contributed by atoms with Gasteiger partial charge in [-0.2, -0.15) is 0 Å². The Balaban J connectivity index is 1.56. The summed E-state index contributed by atoms with van der Waals surface area (Å²) in [7, 11) is 0. The predicted molar refractivity (Wildman–Crippen MR) is 84.8 cm³/mol. The van der Waals surface area contributed by atoms with E-state index in [4.69, 9.17) is 4.99 Å². The van der Waals surface area contributed by atoms with Gasteiger partial charge in [0.2, 0.25) is 0 Å². The Morgan fingerprint density at radius 1 is 1.21 bits per heavy atom. The summed E-state index contributed by atoms with van der Waals surface area (Å²) in [5.41, 5.74) is 0.888. The van der Waals surface area contributed by atoms with Crippen molar-refractivity contribution in [3.05, 3.63) is 0 Å². The first-order valence-electron chi connectivity index (χ1n) is 8.05. The highest BCUT2D eigenvalue weighted by Gasteiger charge is 2.40. The fraction of sp³-hybridized carbons (Fsp3) is 0.938. The summed E-state index contributed by atoms with van der Waals surface area (Å²) in [6.45, 7) is 5.85. The summed E-state index contributed by atoms with van der Waals surface area (Å²) in [6, 6.07) is 0. The van der Waals surface area contributed by atoms with Crippen molar-refractivity contribution in [2.24, 2.45) is 16.3 Å². The van der Waals surface area contributed by atoms with Crippen LogP contribution in [0.5, 0.6) is 0 Å². The number of amidine groups is 1. The van der Waals surface area contributed by atoms with Gasteiger partial charge in [0.25, 0.3) is 0 Å². The smallest absolute Gasteiger partial charge is 0.157 e. The van der Waals surface area contributed by atoms with Crippen LogP contribution in [0.15, 0.2) is 4.99 Å². The van der Waals surface area contributed by atoms with Gasteiger partial charge in [-0.05, 0) is 49.9 Å². The van der Waals surface area contributed by atoms with Crippen molar-refractivity contribution in [1.82, 2.24) is 5.32 Å². The lowest BCUT2D eigenvalue weighted by atomic mass is 9.78. The molecule has 1 heterocycles. The van der Waals surface area contributed by atoms with E-state index in [0.29, 0.717) is 11.0 Å². The molecule has 1 spiro atoms. The van der Waals surface area contributed by atoms with Crippen molar-refractivity contribution in [2.45, 2.75) is 70.8 Å². The monoisotopic (exact) mass is 280 g/mol. The number of nitrogens with zero attached hydrogens (tertiary/aromatic N) is 1. The maximum Gasteiger partial charge on any atom is 0.157 e. The fourth-order valence-corrected chi connectivity index (χ4v) is 5.04. The highest BCUT2D eigenvalue weighted by Crippen LogP contribution is 2.40. The summed E-state index contributed by atoms with van der Waals surface area (Å²) in [5, 5.41) is 5.02. The second-order valence-electron chi connectivity index (χ2n) is 7.52. The van der Waals surface area contributed by atoms with Gasteiger partial charge < -0.3 is 5.32 Å². The lowest BCUT2D eigenvalue weighted by Gasteiger charge is -2.35. The highest BCUT2D eigenvalue weighted by atomic mass is 32.2. The zero-order valence-corrected chi connectivity index (χ0v) is 13.3. The van der Waals surface area contributed by atoms with Crippen molar-refractivity contribution in [3.63, 3.8) is 0 Å². The molecule has 0 aromatic rings. The van der Waals surface area contributed by atoms with Crippen LogP contribution in [-0.4, -0.2) is 23.0 Å². The van der Waals surface area contributed by atoms with E-state index in [0.717, 1.165) is 12.5 Å².